The highest BCUT2D eigenvalue weighted by Gasteiger charge is 2.18. The molecule has 1 aromatic carbocycles. The monoisotopic (exact) mass is 258 g/mol. The van der Waals surface area contributed by atoms with Crippen molar-refractivity contribution in [3.05, 3.63) is 46.0 Å². The number of rotatable bonds is 2. The standard InChI is InChI=1S/C17H26Si/c1-12-10-17(11-13(2)14(12)3)16-6-4-15(5-7-16)8-9-18/h8,10-11,16H,4-7,9H2,1-3,18H3. The Labute approximate surface area is 115 Å². The molecular weight excluding hydrogens is 232 g/mol. The Morgan fingerprint density at radius 1 is 1.11 bits per heavy atom. The lowest BCUT2D eigenvalue weighted by atomic mass is 9.80. The average Bonchev–Trinajstić information content (AvgIpc) is 2.37. The summed E-state index contributed by atoms with van der Waals surface area (Å²) < 4.78 is 0. The van der Waals surface area contributed by atoms with Crippen LogP contribution in [0.3, 0.4) is 0 Å². The average molecular weight is 258 g/mol. The van der Waals surface area contributed by atoms with E-state index in [0.717, 1.165) is 5.92 Å². The highest BCUT2D eigenvalue weighted by molar-refractivity contribution is 6.09. The van der Waals surface area contributed by atoms with E-state index in [0.29, 0.717) is 0 Å². The van der Waals surface area contributed by atoms with Crippen LogP contribution in [0.4, 0.5) is 0 Å². The second-order valence-corrected chi connectivity index (χ2v) is 6.64. The highest BCUT2D eigenvalue weighted by atomic mass is 28.1. The Kier molecular flexibility index (Phi) is 4.44. The molecule has 1 aliphatic carbocycles. The fourth-order valence-electron chi connectivity index (χ4n) is 3.12. The van der Waals surface area contributed by atoms with E-state index in [1.807, 2.05) is 0 Å². The van der Waals surface area contributed by atoms with Crippen molar-refractivity contribution in [2.75, 3.05) is 0 Å². The van der Waals surface area contributed by atoms with Gasteiger partial charge in [0.15, 0.2) is 0 Å². The summed E-state index contributed by atoms with van der Waals surface area (Å²) in [6.45, 7) is 6.74. The molecular formula is C17H26Si. The molecule has 2 rings (SSSR count). The summed E-state index contributed by atoms with van der Waals surface area (Å²) >= 11 is 0. The van der Waals surface area contributed by atoms with Gasteiger partial charge in [-0.25, -0.2) is 0 Å². The van der Waals surface area contributed by atoms with Gasteiger partial charge in [0.1, 0.15) is 0 Å². The molecule has 1 aromatic rings. The molecule has 0 bridgehead atoms. The molecule has 0 nitrogen and oxygen atoms in total. The lowest BCUT2D eigenvalue weighted by Crippen LogP contribution is -2.07. The maximum Gasteiger partial charge on any atom is 0.00756 e. The lowest BCUT2D eigenvalue weighted by Gasteiger charge is -2.25. The van der Waals surface area contributed by atoms with Crippen molar-refractivity contribution >= 4 is 10.2 Å². The number of aryl methyl sites for hydroxylation is 2. The Bertz CT molecular complexity index is 424. The van der Waals surface area contributed by atoms with Crippen LogP contribution in [0, 0.1) is 20.8 Å². The SMILES string of the molecule is Cc1cc(C2CCC(=CC[SiH3])CC2)cc(C)c1C. The molecule has 0 aliphatic heterocycles. The summed E-state index contributed by atoms with van der Waals surface area (Å²) in [5, 5.41) is 0. The van der Waals surface area contributed by atoms with Crippen LogP contribution in [0.25, 0.3) is 0 Å². The third-order valence-electron chi connectivity index (χ3n) is 4.54. The van der Waals surface area contributed by atoms with Gasteiger partial charge in [-0.1, -0.05) is 23.8 Å². The fourth-order valence-corrected chi connectivity index (χ4v) is 3.70. The molecule has 1 saturated carbocycles. The maximum atomic E-state index is 2.49. The zero-order valence-electron chi connectivity index (χ0n) is 12.3. The quantitative estimate of drug-likeness (QED) is 0.556. The first-order chi connectivity index (χ1) is 8.61. The molecule has 0 atom stereocenters. The minimum atomic E-state index is 0.800. The normalized spacial score (nSPS) is 20.2. The van der Waals surface area contributed by atoms with Crippen LogP contribution in [0.2, 0.25) is 6.04 Å². The Morgan fingerprint density at radius 2 is 1.67 bits per heavy atom. The number of hydrogen-bond acceptors (Lipinski definition) is 0. The van der Waals surface area contributed by atoms with Crippen molar-refractivity contribution in [1.82, 2.24) is 0 Å². The summed E-state index contributed by atoms with van der Waals surface area (Å²) in [7, 11) is 1.31. The zero-order chi connectivity index (χ0) is 13.1. The van der Waals surface area contributed by atoms with Crippen molar-refractivity contribution in [2.45, 2.75) is 58.4 Å². The predicted octanol–water partition coefficient (Wildman–Crippen LogP) is 3.98. The van der Waals surface area contributed by atoms with Crippen LogP contribution in [0.15, 0.2) is 23.8 Å². The van der Waals surface area contributed by atoms with Crippen molar-refractivity contribution in [1.29, 1.82) is 0 Å². The first-order valence-electron chi connectivity index (χ1n) is 7.37. The molecule has 0 spiro atoms. The Hall–Kier alpha value is -0.823. The van der Waals surface area contributed by atoms with Crippen molar-refractivity contribution in [2.24, 2.45) is 0 Å². The third-order valence-corrected chi connectivity index (χ3v) is 4.95. The summed E-state index contributed by atoms with van der Waals surface area (Å²) in [5.74, 6) is 0.800. The van der Waals surface area contributed by atoms with Crippen LogP contribution in [0.5, 0.6) is 0 Å². The number of benzene rings is 1. The largest absolute Gasteiger partial charge is 0.0889 e. The van der Waals surface area contributed by atoms with Gasteiger partial charge >= 0.3 is 0 Å². The lowest BCUT2D eigenvalue weighted by molar-refractivity contribution is 0.515. The summed E-state index contributed by atoms with van der Waals surface area (Å²) in [6, 6.07) is 6.19. The van der Waals surface area contributed by atoms with Crippen LogP contribution in [-0.2, 0) is 0 Å². The topological polar surface area (TPSA) is 0 Å². The zero-order valence-corrected chi connectivity index (χ0v) is 14.3. The maximum absolute atomic E-state index is 2.49. The van der Waals surface area contributed by atoms with Gasteiger partial charge in [0.25, 0.3) is 0 Å². The van der Waals surface area contributed by atoms with E-state index in [4.69, 9.17) is 0 Å². The molecule has 0 heterocycles. The van der Waals surface area contributed by atoms with Gasteiger partial charge in [-0.2, -0.15) is 0 Å². The van der Waals surface area contributed by atoms with E-state index in [2.05, 4.69) is 39.0 Å². The molecule has 0 radical (unpaired) electrons. The van der Waals surface area contributed by atoms with Gasteiger partial charge < -0.3 is 0 Å². The predicted molar refractivity (Wildman–Crippen MR) is 84.7 cm³/mol. The van der Waals surface area contributed by atoms with E-state index in [1.165, 1.54) is 58.7 Å². The third kappa shape index (κ3) is 2.95. The minimum Gasteiger partial charge on any atom is -0.0889 e. The molecule has 0 N–H and O–H groups in total. The second kappa shape index (κ2) is 5.88. The smallest absolute Gasteiger partial charge is 0.00756 e. The van der Waals surface area contributed by atoms with Gasteiger partial charge in [0.05, 0.1) is 0 Å². The van der Waals surface area contributed by atoms with Crippen LogP contribution in [0.1, 0.15) is 53.9 Å². The van der Waals surface area contributed by atoms with Crippen molar-refractivity contribution in [3.8, 4) is 0 Å². The van der Waals surface area contributed by atoms with Crippen LogP contribution < -0.4 is 0 Å². The van der Waals surface area contributed by atoms with Gasteiger partial charge in [0.2, 0.25) is 0 Å². The van der Waals surface area contributed by atoms with Gasteiger partial charge in [-0.15, -0.1) is 0 Å². The molecule has 98 valence electrons. The van der Waals surface area contributed by atoms with Gasteiger partial charge in [-0.05, 0) is 80.7 Å². The minimum absolute atomic E-state index is 0.800. The molecule has 0 unspecified atom stereocenters. The Morgan fingerprint density at radius 3 is 2.17 bits per heavy atom. The number of allylic oxidation sites excluding steroid dienone is 2. The molecule has 18 heavy (non-hydrogen) atoms. The van der Waals surface area contributed by atoms with E-state index < -0.39 is 0 Å². The highest BCUT2D eigenvalue weighted by Crippen LogP contribution is 2.36. The van der Waals surface area contributed by atoms with Crippen molar-refractivity contribution < 1.29 is 0 Å². The summed E-state index contributed by atoms with van der Waals surface area (Å²) in [6.07, 6.45) is 7.87. The van der Waals surface area contributed by atoms with E-state index in [1.54, 1.807) is 11.1 Å². The van der Waals surface area contributed by atoms with E-state index in [-0.39, 0.29) is 0 Å². The molecule has 1 aliphatic rings. The molecule has 1 fully saturated rings. The number of hydrogen-bond donors (Lipinski definition) is 0. The summed E-state index contributed by atoms with van der Waals surface area (Å²) in [4.78, 5) is 0. The first kappa shape index (κ1) is 13.6. The van der Waals surface area contributed by atoms with Crippen molar-refractivity contribution in [3.63, 3.8) is 0 Å². The summed E-state index contributed by atoms with van der Waals surface area (Å²) in [5.41, 5.74) is 7.70. The first-order valence-corrected chi connectivity index (χ1v) is 8.79. The van der Waals surface area contributed by atoms with Gasteiger partial charge in [0, 0.05) is 10.2 Å². The van der Waals surface area contributed by atoms with Crippen LogP contribution >= 0.6 is 0 Å². The van der Waals surface area contributed by atoms with Crippen LogP contribution in [-0.4, -0.2) is 10.2 Å². The Balaban J connectivity index is 2.12. The van der Waals surface area contributed by atoms with Gasteiger partial charge in [-0.3, -0.25) is 0 Å². The molecule has 0 amide bonds. The molecule has 0 aromatic heterocycles. The molecule has 1 heteroatoms. The fraction of sp³-hybridized carbons (Fsp3) is 0.529. The second-order valence-electron chi connectivity index (χ2n) is 5.82. The van der Waals surface area contributed by atoms with E-state index >= 15 is 0 Å². The molecule has 0 saturated heterocycles. The van der Waals surface area contributed by atoms with E-state index in [9.17, 15) is 0 Å².